The minimum absolute atomic E-state index is 0.0713. The van der Waals surface area contributed by atoms with Gasteiger partial charge in [0.2, 0.25) is 10.0 Å². The van der Waals surface area contributed by atoms with Crippen LogP contribution in [0.2, 0.25) is 5.02 Å². The van der Waals surface area contributed by atoms with Gasteiger partial charge < -0.3 is 10.1 Å². The monoisotopic (exact) mass is 408 g/mol. The zero-order valence-electron chi connectivity index (χ0n) is 14.9. The number of sulfonamides is 1. The Morgan fingerprint density at radius 1 is 1.19 bits per heavy atom. The molecule has 0 spiro atoms. The van der Waals surface area contributed by atoms with Gasteiger partial charge in [0.1, 0.15) is 5.75 Å². The van der Waals surface area contributed by atoms with E-state index in [1.54, 1.807) is 24.3 Å². The number of hydrogen-bond acceptors (Lipinski definition) is 4. The summed E-state index contributed by atoms with van der Waals surface area (Å²) in [6.07, 6.45) is 1.69. The summed E-state index contributed by atoms with van der Waals surface area (Å²) in [5.41, 5.74) is 0.647. The molecule has 8 heteroatoms. The molecule has 1 aliphatic heterocycles. The number of benzene rings is 2. The molecule has 0 unspecified atom stereocenters. The summed E-state index contributed by atoms with van der Waals surface area (Å²) in [6, 6.07) is 11.2. The normalized spacial score (nSPS) is 14.9. The molecule has 2 aromatic rings. The second kappa shape index (κ2) is 8.29. The van der Waals surface area contributed by atoms with E-state index in [9.17, 15) is 13.2 Å². The van der Waals surface area contributed by atoms with Crippen LogP contribution in [0.5, 0.6) is 5.75 Å². The summed E-state index contributed by atoms with van der Waals surface area (Å²) in [5, 5.41) is 2.92. The van der Waals surface area contributed by atoms with Gasteiger partial charge in [0.15, 0.2) is 0 Å². The second-order valence-corrected chi connectivity index (χ2v) is 8.51. The molecular formula is C19H21ClN2O4S. The van der Waals surface area contributed by atoms with Gasteiger partial charge in [-0.05, 0) is 50.1 Å². The summed E-state index contributed by atoms with van der Waals surface area (Å²) in [7, 11) is -3.62. The standard InChI is InChI=1S/C19H21ClN2O4S/c1-2-26-15-7-5-6-14(12-15)21-19(23)17-13-16(8-9-18(17)20)27(24,25)22-10-3-4-11-22/h5-9,12-13H,2-4,10-11H2,1H3,(H,21,23). The first-order valence-electron chi connectivity index (χ1n) is 8.75. The first-order chi connectivity index (χ1) is 12.9. The van der Waals surface area contributed by atoms with E-state index in [1.807, 2.05) is 6.92 Å². The zero-order valence-corrected chi connectivity index (χ0v) is 16.5. The summed E-state index contributed by atoms with van der Waals surface area (Å²) >= 11 is 6.15. The van der Waals surface area contributed by atoms with Crippen molar-refractivity contribution >= 4 is 33.2 Å². The highest BCUT2D eigenvalue weighted by atomic mass is 35.5. The molecular weight excluding hydrogens is 388 g/mol. The smallest absolute Gasteiger partial charge is 0.257 e. The molecule has 27 heavy (non-hydrogen) atoms. The largest absolute Gasteiger partial charge is 0.494 e. The van der Waals surface area contributed by atoms with Crippen molar-refractivity contribution in [1.29, 1.82) is 0 Å². The Morgan fingerprint density at radius 3 is 2.63 bits per heavy atom. The fourth-order valence-electron chi connectivity index (χ4n) is 2.95. The van der Waals surface area contributed by atoms with Gasteiger partial charge in [0, 0.05) is 24.8 Å². The fourth-order valence-corrected chi connectivity index (χ4v) is 4.69. The van der Waals surface area contributed by atoms with E-state index in [-0.39, 0.29) is 15.5 Å². The van der Waals surface area contributed by atoms with Crippen LogP contribution >= 0.6 is 11.6 Å². The van der Waals surface area contributed by atoms with Crippen molar-refractivity contribution in [2.45, 2.75) is 24.7 Å². The molecule has 1 amide bonds. The molecule has 1 N–H and O–H groups in total. The van der Waals surface area contributed by atoms with Gasteiger partial charge in [-0.15, -0.1) is 0 Å². The minimum Gasteiger partial charge on any atom is -0.494 e. The molecule has 3 rings (SSSR count). The molecule has 0 atom stereocenters. The third-order valence-electron chi connectivity index (χ3n) is 4.29. The van der Waals surface area contributed by atoms with Crippen LogP contribution in [-0.2, 0) is 10.0 Å². The molecule has 0 aromatic heterocycles. The lowest BCUT2D eigenvalue weighted by atomic mass is 10.2. The Balaban J connectivity index is 1.85. The number of rotatable bonds is 6. The minimum atomic E-state index is -3.62. The topological polar surface area (TPSA) is 75.7 Å². The van der Waals surface area contributed by atoms with Gasteiger partial charge in [-0.3, -0.25) is 4.79 Å². The number of nitrogens with one attached hydrogen (secondary N) is 1. The molecule has 2 aromatic carbocycles. The fraction of sp³-hybridized carbons (Fsp3) is 0.316. The van der Waals surface area contributed by atoms with E-state index in [0.29, 0.717) is 31.1 Å². The van der Waals surface area contributed by atoms with E-state index < -0.39 is 15.9 Å². The van der Waals surface area contributed by atoms with Crippen LogP contribution < -0.4 is 10.1 Å². The van der Waals surface area contributed by atoms with Crippen LogP contribution in [0.4, 0.5) is 5.69 Å². The predicted molar refractivity (Wildman–Crippen MR) is 105 cm³/mol. The Bertz CT molecular complexity index is 940. The van der Waals surface area contributed by atoms with E-state index in [0.717, 1.165) is 12.8 Å². The number of carbonyl (C=O) groups excluding carboxylic acids is 1. The Kier molecular flexibility index (Phi) is 6.04. The van der Waals surface area contributed by atoms with Gasteiger partial charge >= 0.3 is 0 Å². The summed E-state index contributed by atoms with van der Waals surface area (Å²) in [6.45, 7) is 3.38. The summed E-state index contributed by atoms with van der Waals surface area (Å²) < 4.78 is 32.3. The van der Waals surface area contributed by atoms with Gasteiger partial charge in [0.25, 0.3) is 5.91 Å². The number of amides is 1. The van der Waals surface area contributed by atoms with Crippen LogP contribution in [0.1, 0.15) is 30.1 Å². The second-order valence-electron chi connectivity index (χ2n) is 6.17. The highest BCUT2D eigenvalue weighted by Gasteiger charge is 2.28. The van der Waals surface area contributed by atoms with Gasteiger partial charge in [-0.1, -0.05) is 17.7 Å². The SMILES string of the molecule is CCOc1cccc(NC(=O)c2cc(S(=O)(=O)N3CCCC3)ccc2Cl)c1. The van der Waals surface area contributed by atoms with Gasteiger partial charge in [-0.2, -0.15) is 4.31 Å². The maximum Gasteiger partial charge on any atom is 0.257 e. The number of nitrogens with zero attached hydrogens (tertiary/aromatic N) is 1. The third kappa shape index (κ3) is 4.43. The molecule has 1 fully saturated rings. The first kappa shape index (κ1) is 19.7. The average Bonchev–Trinajstić information content (AvgIpc) is 3.18. The predicted octanol–water partition coefficient (Wildman–Crippen LogP) is 3.78. The zero-order chi connectivity index (χ0) is 19.4. The molecule has 0 radical (unpaired) electrons. The van der Waals surface area contributed by atoms with Crippen LogP contribution in [0.15, 0.2) is 47.4 Å². The summed E-state index contributed by atoms with van der Waals surface area (Å²) in [5.74, 6) is 0.152. The van der Waals surface area contributed by atoms with E-state index >= 15 is 0 Å². The third-order valence-corrected chi connectivity index (χ3v) is 6.51. The number of carbonyl (C=O) groups is 1. The molecule has 0 bridgehead atoms. The number of ether oxygens (including phenoxy) is 1. The molecule has 1 heterocycles. The quantitative estimate of drug-likeness (QED) is 0.789. The molecule has 6 nitrogen and oxygen atoms in total. The van der Waals surface area contributed by atoms with E-state index in [2.05, 4.69) is 5.32 Å². The summed E-state index contributed by atoms with van der Waals surface area (Å²) in [4.78, 5) is 12.7. The number of anilines is 1. The van der Waals surface area contributed by atoms with Crippen molar-refractivity contribution < 1.29 is 17.9 Å². The van der Waals surface area contributed by atoms with Gasteiger partial charge in [-0.25, -0.2) is 8.42 Å². The molecule has 1 aliphatic rings. The van der Waals surface area contributed by atoms with Crippen molar-refractivity contribution in [3.63, 3.8) is 0 Å². The molecule has 1 saturated heterocycles. The lowest BCUT2D eigenvalue weighted by Crippen LogP contribution is -2.28. The van der Waals surface area contributed by atoms with E-state index in [1.165, 1.54) is 22.5 Å². The van der Waals surface area contributed by atoms with Crippen molar-refractivity contribution in [3.05, 3.63) is 53.1 Å². The van der Waals surface area contributed by atoms with Crippen LogP contribution in [0, 0.1) is 0 Å². The Hall–Kier alpha value is -2.09. The van der Waals surface area contributed by atoms with E-state index in [4.69, 9.17) is 16.3 Å². The van der Waals surface area contributed by atoms with Crippen molar-refractivity contribution in [2.24, 2.45) is 0 Å². The van der Waals surface area contributed by atoms with Crippen molar-refractivity contribution in [2.75, 3.05) is 25.0 Å². The molecule has 0 aliphatic carbocycles. The maximum atomic E-state index is 12.7. The first-order valence-corrected chi connectivity index (χ1v) is 10.6. The number of halogens is 1. The van der Waals surface area contributed by atoms with Crippen LogP contribution in [0.3, 0.4) is 0 Å². The average molecular weight is 409 g/mol. The van der Waals surface area contributed by atoms with Gasteiger partial charge in [0.05, 0.1) is 22.1 Å². The number of hydrogen-bond donors (Lipinski definition) is 1. The highest BCUT2D eigenvalue weighted by molar-refractivity contribution is 7.89. The van der Waals surface area contributed by atoms with Crippen LogP contribution in [-0.4, -0.2) is 38.3 Å². The van der Waals surface area contributed by atoms with Crippen molar-refractivity contribution in [1.82, 2.24) is 4.31 Å². The maximum absolute atomic E-state index is 12.7. The molecule has 0 saturated carbocycles. The molecule has 144 valence electrons. The van der Waals surface area contributed by atoms with Crippen LogP contribution in [0.25, 0.3) is 0 Å². The Morgan fingerprint density at radius 2 is 1.93 bits per heavy atom. The van der Waals surface area contributed by atoms with Crippen molar-refractivity contribution in [3.8, 4) is 5.75 Å². The lowest BCUT2D eigenvalue weighted by molar-refractivity contribution is 0.102. The highest BCUT2D eigenvalue weighted by Crippen LogP contribution is 2.26. The Labute approximate surface area is 164 Å². The lowest BCUT2D eigenvalue weighted by Gasteiger charge is -2.16.